The Balaban J connectivity index is 2.38. The lowest BCUT2D eigenvalue weighted by Crippen LogP contribution is -2.22. The summed E-state index contributed by atoms with van der Waals surface area (Å²) >= 11 is 1.46. The first-order valence-corrected chi connectivity index (χ1v) is 5.76. The summed E-state index contributed by atoms with van der Waals surface area (Å²) in [7, 11) is 0. The number of nitro benzene ring substituents is 1. The van der Waals surface area contributed by atoms with Crippen LogP contribution >= 0.6 is 11.8 Å². The summed E-state index contributed by atoms with van der Waals surface area (Å²) in [6.45, 7) is 0. The molecule has 6 heteroatoms. The van der Waals surface area contributed by atoms with Gasteiger partial charge in [0, 0.05) is 23.9 Å². The number of non-ortho nitro benzene ring substituents is 1. The average molecular weight is 240 g/mol. The molecule has 86 valence electrons. The number of hydrogen-bond acceptors (Lipinski definition) is 5. The molecule has 0 N–H and O–H groups in total. The number of thioether (sulfide) groups is 1. The highest BCUT2D eigenvalue weighted by molar-refractivity contribution is 7.98. The number of nitro groups is 1. The summed E-state index contributed by atoms with van der Waals surface area (Å²) in [6.07, 6.45) is 0.0254. The minimum absolute atomic E-state index is 0.0254. The van der Waals surface area contributed by atoms with Crippen molar-refractivity contribution in [2.24, 2.45) is 0 Å². The van der Waals surface area contributed by atoms with E-state index in [2.05, 4.69) is 0 Å². The maximum atomic E-state index is 10.4. The smallest absolute Gasteiger partial charge is 0.269 e. The van der Waals surface area contributed by atoms with Crippen LogP contribution in [-0.2, 0) is 10.5 Å². The van der Waals surface area contributed by atoms with Crippen LogP contribution in [0.5, 0.6) is 0 Å². The average Bonchev–Trinajstić information content (AvgIpc) is 2.25. The highest BCUT2D eigenvalue weighted by Crippen LogP contribution is 2.16. The Morgan fingerprint density at radius 3 is 2.44 bits per heavy atom. The molecule has 0 unspecified atom stereocenters. The molecule has 1 aromatic carbocycles. The van der Waals surface area contributed by atoms with Gasteiger partial charge in [-0.05, 0) is 17.7 Å². The number of carboxylic acid groups (broad SMARTS) is 1. The van der Waals surface area contributed by atoms with Crippen molar-refractivity contribution in [3.8, 4) is 0 Å². The predicted molar refractivity (Wildman–Crippen MR) is 58.9 cm³/mol. The highest BCUT2D eigenvalue weighted by Gasteiger charge is 2.03. The molecule has 0 aliphatic carbocycles. The van der Waals surface area contributed by atoms with Crippen LogP contribution in [0, 0.1) is 10.1 Å². The number of aliphatic carboxylic acids is 1. The molecule has 0 heterocycles. The summed E-state index contributed by atoms with van der Waals surface area (Å²) in [5.41, 5.74) is 0.998. The van der Waals surface area contributed by atoms with Gasteiger partial charge >= 0.3 is 0 Å². The zero-order valence-corrected chi connectivity index (χ0v) is 9.24. The Labute approximate surface area is 96.6 Å². The minimum atomic E-state index is -1.06. The van der Waals surface area contributed by atoms with Crippen molar-refractivity contribution in [3.05, 3.63) is 39.9 Å². The van der Waals surface area contributed by atoms with Gasteiger partial charge in [0.1, 0.15) is 0 Å². The molecule has 0 aliphatic heterocycles. The molecule has 0 bridgehead atoms. The van der Waals surface area contributed by atoms with E-state index in [1.807, 2.05) is 0 Å². The lowest BCUT2D eigenvalue weighted by Gasteiger charge is -2.02. The van der Waals surface area contributed by atoms with Crippen LogP contribution < -0.4 is 5.11 Å². The number of benzene rings is 1. The van der Waals surface area contributed by atoms with E-state index in [1.165, 1.54) is 23.9 Å². The van der Waals surface area contributed by atoms with Crippen molar-refractivity contribution in [3.63, 3.8) is 0 Å². The van der Waals surface area contributed by atoms with Crippen LogP contribution in [0.3, 0.4) is 0 Å². The Bertz CT molecular complexity index is 377. The largest absolute Gasteiger partial charge is 0.550 e. The van der Waals surface area contributed by atoms with Gasteiger partial charge in [0.2, 0.25) is 0 Å². The fraction of sp³-hybridized carbons (Fsp3) is 0.300. The Morgan fingerprint density at radius 1 is 1.31 bits per heavy atom. The van der Waals surface area contributed by atoms with E-state index in [4.69, 9.17) is 0 Å². The van der Waals surface area contributed by atoms with Crippen molar-refractivity contribution in [1.29, 1.82) is 0 Å². The van der Waals surface area contributed by atoms with Crippen molar-refractivity contribution in [1.82, 2.24) is 0 Å². The number of hydrogen-bond donors (Lipinski definition) is 0. The second kappa shape index (κ2) is 6.12. The third kappa shape index (κ3) is 4.31. The van der Waals surface area contributed by atoms with Crippen LogP contribution in [0.1, 0.15) is 12.0 Å². The lowest BCUT2D eigenvalue weighted by molar-refractivity contribution is -0.384. The van der Waals surface area contributed by atoms with E-state index >= 15 is 0 Å². The third-order valence-electron chi connectivity index (χ3n) is 1.87. The molecule has 0 atom stereocenters. The standard InChI is InChI=1S/C10H11NO4S/c12-10(13)5-6-16-7-8-1-3-9(4-2-8)11(14)15/h1-4H,5-7H2,(H,12,13)/p-1. The topological polar surface area (TPSA) is 83.3 Å². The van der Waals surface area contributed by atoms with Crippen molar-refractivity contribution in [2.75, 3.05) is 5.75 Å². The van der Waals surface area contributed by atoms with Crippen LogP contribution in [0.4, 0.5) is 5.69 Å². The number of carbonyl (C=O) groups excluding carboxylic acids is 1. The Morgan fingerprint density at radius 2 is 1.94 bits per heavy atom. The summed E-state index contributed by atoms with van der Waals surface area (Å²) in [5.74, 6) is 0.0705. The molecule has 1 aromatic rings. The summed E-state index contributed by atoms with van der Waals surface area (Å²) in [5, 5.41) is 20.5. The number of carbonyl (C=O) groups is 1. The SMILES string of the molecule is O=C([O-])CCSCc1ccc([N+](=O)[O-])cc1. The van der Waals surface area contributed by atoms with Gasteiger partial charge in [-0.2, -0.15) is 11.8 Å². The molecule has 1 rings (SSSR count). The lowest BCUT2D eigenvalue weighted by atomic mass is 10.2. The summed E-state index contributed by atoms with van der Waals surface area (Å²) < 4.78 is 0. The molecule has 0 saturated carbocycles. The molecule has 0 fully saturated rings. The monoisotopic (exact) mass is 240 g/mol. The van der Waals surface area contributed by atoms with E-state index in [-0.39, 0.29) is 12.1 Å². The number of rotatable bonds is 6. The Hall–Kier alpha value is -1.56. The predicted octanol–water partition coefficient (Wildman–Crippen LogP) is 0.968. The molecule has 0 saturated heterocycles. The van der Waals surface area contributed by atoms with Gasteiger partial charge in [-0.15, -0.1) is 0 Å². The molecule has 0 aromatic heterocycles. The van der Waals surface area contributed by atoms with E-state index in [0.717, 1.165) is 5.56 Å². The van der Waals surface area contributed by atoms with Crippen LogP contribution in [0.25, 0.3) is 0 Å². The zero-order chi connectivity index (χ0) is 12.0. The molecule has 0 amide bonds. The van der Waals surface area contributed by atoms with Crippen LogP contribution in [0.15, 0.2) is 24.3 Å². The van der Waals surface area contributed by atoms with Crippen LogP contribution in [-0.4, -0.2) is 16.6 Å². The van der Waals surface area contributed by atoms with E-state index in [0.29, 0.717) is 11.5 Å². The van der Waals surface area contributed by atoms with Gasteiger partial charge in [0.05, 0.1) is 4.92 Å². The van der Waals surface area contributed by atoms with Crippen molar-refractivity contribution >= 4 is 23.4 Å². The molecule has 0 radical (unpaired) electrons. The van der Waals surface area contributed by atoms with Gasteiger partial charge in [0.15, 0.2) is 0 Å². The first-order chi connectivity index (χ1) is 7.59. The molecule has 16 heavy (non-hydrogen) atoms. The fourth-order valence-corrected chi connectivity index (χ4v) is 1.94. The van der Waals surface area contributed by atoms with E-state index < -0.39 is 10.9 Å². The summed E-state index contributed by atoms with van der Waals surface area (Å²) in [6, 6.07) is 6.22. The molecule has 5 nitrogen and oxygen atoms in total. The Kier molecular flexibility index (Phi) is 4.78. The highest BCUT2D eigenvalue weighted by atomic mass is 32.2. The third-order valence-corrected chi connectivity index (χ3v) is 2.90. The van der Waals surface area contributed by atoms with Gasteiger partial charge in [-0.25, -0.2) is 0 Å². The second-order valence-electron chi connectivity index (χ2n) is 3.10. The first-order valence-electron chi connectivity index (χ1n) is 4.60. The van der Waals surface area contributed by atoms with Gasteiger partial charge in [-0.1, -0.05) is 12.1 Å². The second-order valence-corrected chi connectivity index (χ2v) is 4.20. The van der Waals surface area contributed by atoms with E-state index in [1.54, 1.807) is 12.1 Å². The van der Waals surface area contributed by atoms with Gasteiger partial charge < -0.3 is 9.90 Å². The first kappa shape index (κ1) is 12.5. The van der Waals surface area contributed by atoms with Crippen LogP contribution in [0.2, 0.25) is 0 Å². The summed E-state index contributed by atoms with van der Waals surface area (Å²) in [4.78, 5) is 20.1. The quantitative estimate of drug-likeness (QED) is 0.420. The maximum Gasteiger partial charge on any atom is 0.269 e. The van der Waals surface area contributed by atoms with E-state index in [9.17, 15) is 20.0 Å². The number of nitrogens with zero attached hydrogens (tertiary/aromatic N) is 1. The molecular weight excluding hydrogens is 230 g/mol. The number of carboxylic acids is 1. The van der Waals surface area contributed by atoms with Gasteiger partial charge in [-0.3, -0.25) is 10.1 Å². The van der Waals surface area contributed by atoms with Crippen molar-refractivity contribution < 1.29 is 14.8 Å². The maximum absolute atomic E-state index is 10.4. The molecule has 0 spiro atoms. The molecular formula is C10H10NO4S-. The zero-order valence-electron chi connectivity index (χ0n) is 8.42. The normalized spacial score (nSPS) is 10.0. The molecule has 0 aliphatic rings. The van der Waals surface area contributed by atoms with Gasteiger partial charge in [0.25, 0.3) is 5.69 Å². The van der Waals surface area contributed by atoms with Crippen molar-refractivity contribution in [2.45, 2.75) is 12.2 Å². The fourth-order valence-electron chi connectivity index (χ4n) is 1.06. The minimum Gasteiger partial charge on any atom is -0.550 e.